The molecule has 0 atom stereocenters. The van der Waals surface area contributed by atoms with E-state index in [1.807, 2.05) is 19.1 Å². The van der Waals surface area contributed by atoms with Crippen LogP contribution in [0, 0.1) is 17.0 Å². The maximum atomic E-state index is 12.4. The maximum absolute atomic E-state index is 12.4. The van der Waals surface area contributed by atoms with Crippen molar-refractivity contribution in [2.24, 2.45) is 5.10 Å². The van der Waals surface area contributed by atoms with E-state index in [9.17, 15) is 19.7 Å². The number of methoxy groups -OCH3 is 1. The van der Waals surface area contributed by atoms with Crippen LogP contribution in [0.4, 0.5) is 11.4 Å². The number of nitrogens with one attached hydrogen (secondary N) is 2. The molecule has 11 nitrogen and oxygen atoms in total. The van der Waals surface area contributed by atoms with Gasteiger partial charge in [0.25, 0.3) is 11.6 Å². The topological polar surface area (TPSA) is 145 Å². The molecule has 38 heavy (non-hydrogen) atoms. The summed E-state index contributed by atoms with van der Waals surface area (Å²) in [6, 6.07) is 16.1. The molecule has 0 aliphatic rings. The van der Waals surface area contributed by atoms with Crippen LogP contribution in [-0.4, -0.2) is 36.7 Å². The molecule has 194 valence electrons. The Hall–Kier alpha value is -4.71. The molecule has 0 saturated carbocycles. The summed E-state index contributed by atoms with van der Waals surface area (Å²) in [6.07, 6.45) is 1.38. The third-order valence-electron chi connectivity index (χ3n) is 5.28. The van der Waals surface area contributed by atoms with Crippen LogP contribution >= 0.6 is 15.9 Å². The first-order valence-electron chi connectivity index (χ1n) is 11.1. The van der Waals surface area contributed by atoms with Crippen LogP contribution in [0.2, 0.25) is 0 Å². The van der Waals surface area contributed by atoms with Gasteiger partial charge in [-0.2, -0.15) is 5.10 Å². The molecular formula is C26H21BrN4O7. The van der Waals surface area contributed by atoms with Gasteiger partial charge in [-0.3, -0.25) is 19.7 Å². The van der Waals surface area contributed by atoms with Crippen molar-refractivity contribution in [3.05, 3.63) is 92.1 Å². The molecule has 0 radical (unpaired) electrons. The zero-order valence-electron chi connectivity index (χ0n) is 20.2. The molecule has 2 N–H and O–H groups in total. The number of non-ortho nitro benzene ring substituents is 1. The van der Waals surface area contributed by atoms with Crippen molar-refractivity contribution in [1.29, 1.82) is 0 Å². The Morgan fingerprint density at radius 3 is 2.58 bits per heavy atom. The summed E-state index contributed by atoms with van der Waals surface area (Å²) >= 11 is 3.42. The van der Waals surface area contributed by atoms with Gasteiger partial charge in [0.1, 0.15) is 5.58 Å². The number of fused-ring (bicyclic) bond motifs is 1. The molecule has 1 aromatic heterocycles. The number of anilines is 1. The Balaban J connectivity index is 1.39. The summed E-state index contributed by atoms with van der Waals surface area (Å²) in [4.78, 5) is 35.1. The van der Waals surface area contributed by atoms with E-state index in [0.717, 1.165) is 5.56 Å². The van der Waals surface area contributed by atoms with Gasteiger partial charge in [-0.1, -0.05) is 17.7 Å². The fourth-order valence-corrected chi connectivity index (χ4v) is 3.80. The molecule has 4 rings (SSSR count). The zero-order chi connectivity index (χ0) is 27.2. The second-order valence-electron chi connectivity index (χ2n) is 8.02. The number of aryl methyl sites for hydroxylation is 1. The van der Waals surface area contributed by atoms with E-state index in [0.29, 0.717) is 38.2 Å². The number of nitrogens with zero attached hydrogens (tertiary/aromatic N) is 2. The largest absolute Gasteiger partial charge is 0.493 e. The Morgan fingerprint density at radius 2 is 1.87 bits per heavy atom. The number of furan rings is 1. The van der Waals surface area contributed by atoms with Gasteiger partial charge in [0.15, 0.2) is 23.9 Å². The molecule has 0 unspecified atom stereocenters. The van der Waals surface area contributed by atoms with Crippen LogP contribution in [0.5, 0.6) is 11.5 Å². The lowest BCUT2D eigenvalue weighted by Crippen LogP contribution is -2.20. The smallest absolute Gasteiger partial charge is 0.307 e. The molecule has 0 saturated heterocycles. The monoisotopic (exact) mass is 580 g/mol. The third kappa shape index (κ3) is 6.34. The first-order valence-corrected chi connectivity index (χ1v) is 11.9. The molecule has 0 aliphatic carbocycles. The third-order valence-corrected chi connectivity index (χ3v) is 5.97. The van der Waals surface area contributed by atoms with Gasteiger partial charge in [-0.05, 0) is 59.3 Å². The number of halogens is 1. The average molecular weight is 581 g/mol. The number of amides is 2. The van der Waals surface area contributed by atoms with E-state index in [2.05, 4.69) is 31.8 Å². The zero-order valence-corrected chi connectivity index (χ0v) is 21.8. The van der Waals surface area contributed by atoms with Crippen LogP contribution < -0.4 is 20.2 Å². The summed E-state index contributed by atoms with van der Waals surface area (Å²) in [6.45, 7) is 1.72. The average Bonchev–Trinajstić information content (AvgIpc) is 3.33. The van der Waals surface area contributed by atoms with E-state index in [1.165, 1.54) is 37.6 Å². The second-order valence-corrected chi connectivity index (χ2v) is 8.87. The number of hydrogen-bond donors (Lipinski definition) is 2. The van der Waals surface area contributed by atoms with Crippen molar-refractivity contribution in [2.45, 2.75) is 6.92 Å². The number of hydrogen-bond acceptors (Lipinski definition) is 8. The Bertz CT molecular complexity index is 1550. The van der Waals surface area contributed by atoms with Crippen molar-refractivity contribution in [1.82, 2.24) is 5.43 Å². The summed E-state index contributed by atoms with van der Waals surface area (Å²) < 4.78 is 17.0. The van der Waals surface area contributed by atoms with E-state index in [1.54, 1.807) is 24.3 Å². The lowest BCUT2D eigenvalue weighted by molar-refractivity contribution is -0.384. The van der Waals surface area contributed by atoms with Crippen molar-refractivity contribution in [3.8, 4) is 11.5 Å². The lowest BCUT2D eigenvalue weighted by Gasteiger charge is -2.13. The summed E-state index contributed by atoms with van der Waals surface area (Å²) in [5.41, 5.74) is 4.87. The fraction of sp³-hybridized carbons (Fsp3) is 0.115. The van der Waals surface area contributed by atoms with Crippen molar-refractivity contribution in [2.75, 3.05) is 19.0 Å². The van der Waals surface area contributed by atoms with Gasteiger partial charge < -0.3 is 19.2 Å². The Labute approximate surface area is 224 Å². The highest BCUT2D eigenvalue weighted by molar-refractivity contribution is 9.10. The second kappa shape index (κ2) is 11.6. The highest BCUT2D eigenvalue weighted by Crippen LogP contribution is 2.33. The van der Waals surface area contributed by atoms with Gasteiger partial charge >= 0.3 is 5.91 Å². The molecule has 12 heteroatoms. The van der Waals surface area contributed by atoms with Crippen LogP contribution in [0.25, 0.3) is 11.0 Å². The fourth-order valence-electron chi connectivity index (χ4n) is 3.37. The summed E-state index contributed by atoms with van der Waals surface area (Å²) in [5.74, 6) is -0.343. The van der Waals surface area contributed by atoms with Gasteiger partial charge in [-0.15, -0.1) is 0 Å². The van der Waals surface area contributed by atoms with Gasteiger partial charge in [0.05, 0.1) is 18.2 Å². The number of nitro benzene ring substituents is 1. The number of carbonyl (C=O) groups excluding carboxylic acids is 2. The highest BCUT2D eigenvalue weighted by Gasteiger charge is 2.15. The van der Waals surface area contributed by atoms with E-state index >= 15 is 0 Å². The molecular weight excluding hydrogens is 560 g/mol. The first-order chi connectivity index (χ1) is 18.2. The Morgan fingerprint density at radius 1 is 1.11 bits per heavy atom. The van der Waals surface area contributed by atoms with Crippen LogP contribution in [-0.2, 0) is 4.79 Å². The molecule has 4 aromatic rings. The van der Waals surface area contributed by atoms with E-state index in [4.69, 9.17) is 13.9 Å². The van der Waals surface area contributed by atoms with Crippen LogP contribution in [0.1, 0.15) is 21.7 Å². The SMILES string of the molecule is COc1cc(/C=N\NC(=O)c2cc3cc([N+](=O)[O-])ccc3o2)c(Br)cc1OCC(=O)Nc1ccc(C)cc1. The minimum Gasteiger partial charge on any atom is -0.493 e. The van der Waals surface area contributed by atoms with Crippen LogP contribution in [0.3, 0.4) is 0 Å². The molecule has 1 heterocycles. The number of ether oxygens (including phenoxy) is 2. The minimum absolute atomic E-state index is 0.0537. The van der Waals surface area contributed by atoms with E-state index in [-0.39, 0.29) is 24.0 Å². The van der Waals surface area contributed by atoms with Gasteiger partial charge in [0, 0.05) is 33.2 Å². The number of nitro groups is 1. The molecule has 2 amide bonds. The maximum Gasteiger partial charge on any atom is 0.307 e. The van der Waals surface area contributed by atoms with Gasteiger partial charge in [0.2, 0.25) is 0 Å². The molecule has 0 bridgehead atoms. The highest BCUT2D eigenvalue weighted by atomic mass is 79.9. The van der Waals surface area contributed by atoms with Crippen molar-refractivity contribution in [3.63, 3.8) is 0 Å². The normalized spacial score (nSPS) is 10.9. The molecule has 0 aliphatic heterocycles. The number of hydrazone groups is 1. The standard InChI is InChI=1S/C26H21BrN4O7/c1-15-3-5-18(6-4-15)29-25(32)14-37-23-12-20(27)17(11-22(23)36-2)13-28-30-26(33)24-10-16-9-19(31(34)35)7-8-21(16)38-24/h3-13H,14H2,1-2H3,(H,29,32)(H,30,33)/b28-13-. The number of rotatable bonds is 9. The quantitative estimate of drug-likeness (QED) is 0.157. The predicted molar refractivity (Wildman–Crippen MR) is 144 cm³/mol. The first kappa shape index (κ1) is 26.4. The Kier molecular flexibility index (Phi) is 8.02. The molecule has 0 spiro atoms. The van der Waals surface area contributed by atoms with Crippen molar-refractivity contribution < 1.29 is 28.4 Å². The molecule has 0 fully saturated rings. The van der Waals surface area contributed by atoms with Crippen LogP contribution in [0.15, 0.2) is 74.7 Å². The number of carbonyl (C=O) groups is 2. The minimum atomic E-state index is -0.636. The predicted octanol–water partition coefficient (Wildman–Crippen LogP) is 5.20. The summed E-state index contributed by atoms with van der Waals surface area (Å²) in [7, 11) is 1.46. The van der Waals surface area contributed by atoms with E-state index < -0.39 is 10.8 Å². The molecule has 3 aromatic carbocycles. The lowest BCUT2D eigenvalue weighted by atomic mass is 10.2. The van der Waals surface area contributed by atoms with Crippen molar-refractivity contribution >= 4 is 56.3 Å². The summed E-state index contributed by atoms with van der Waals surface area (Å²) in [5, 5.41) is 18.1. The van der Waals surface area contributed by atoms with Gasteiger partial charge in [-0.25, -0.2) is 5.43 Å². The number of benzene rings is 3.